The van der Waals surface area contributed by atoms with E-state index in [4.69, 9.17) is 0 Å². The van der Waals surface area contributed by atoms with Gasteiger partial charge in [0.15, 0.2) is 5.78 Å². The SMILES string of the molecule is CCCC(=O)[C@]1(C)NCCc2c1[nH]c1ccc(C)cc21. The van der Waals surface area contributed by atoms with E-state index in [0.29, 0.717) is 6.42 Å². The molecule has 0 bridgehead atoms. The van der Waals surface area contributed by atoms with Crippen LogP contribution in [0.5, 0.6) is 0 Å². The predicted octanol–water partition coefficient (Wildman–Crippen LogP) is 3.21. The Kier molecular flexibility index (Phi) is 3.17. The van der Waals surface area contributed by atoms with Gasteiger partial charge in [-0.25, -0.2) is 0 Å². The minimum atomic E-state index is -0.559. The molecule has 0 aliphatic carbocycles. The van der Waals surface area contributed by atoms with E-state index >= 15 is 0 Å². The summed E-state index contributed by atoms with van der Waals surface area (Å²) in [6, 6.07) is 6.46. The number of fused-ring (bicyclic) bond motifs is 3. The van der Waals surface area contributed by atoms with Gasteiger partial charge in [0.25, 0.3) is 0 Å². The van der Waals surface area contributed by atoms with Crippen LogP contribution in [0.4, 0.5) is 0 Å². The van der Waals surface area contributed by atoms with Gasteiger partial charge in [0.1, 0.15) is 5.54 Å². The maximum absolute atomic E-state index is 12.5. The Hall–Kier alpha value is -1.61. The Morgan fingerprint density at radius 1 is 1.40 bits per heavy atom. The van der Waals surface area contributed by atoms with Crippen molar-refractivity contribution in [2.75, 3.05) is 6.54 Å². The van der Waals surface area contributed by atoms with E-state index in [1.807, 2.05) is 6.92 Å². The molecule has 0 fully saturated rings. The number of carbonyl (C=O) groups is 1. The third-order valence-corrected chi connectivity index (χ3v) is 4.45. The first-order valence-corrected chi connectivity index (χ1v) is 7.46. The Balaban J connectivity index is 2.18. The lowest BCUT2D eigenvalue weighted by Crippen LogP contribution is -2.50. The second-order valence-corrected chi connectivity index (χ2v) is 6.00. The highest BCUT2D eigenvalue weighted by Crippen LogP contribution is 2.35. The first-order valence-electron chi connectivity index (χ1n) is 7.46. The minimum absolute atomic E-state index is 0.282. The van der Waals surface area contributed by atoms with Crippen LogP contribution >= 0.6 is 0 Å². The molecule has 3 rings (SSSR count). The van der Waals surface area contributed by atoms with Crippen LogP contribution < -0.4 is 5.32 Å². The zero-order valence-corrected chi connectivity index (χ0v) is 12.5. The van der Waals surface area contributed by atoms with Gasteiger partial charge in [0, 0.05) is 29.6 Å². The van der Waals surface area contributed by atoms with Crippen molar-refractivity contribution < 1.29 is 4.79 Å². The molecule has 1 aromatic carbocycles. The van der Waals surface area contributed by atoms with E-state index in [9.17, 15) is 4.79 Å². The van der Waals surface area contributed by atoms with Gasteiger partial charge < -0.3 is 4.98 Å². The molecule has 2 N–H and O–H groups in total. The van der Waals surface area contributed by atoms with Crippen molar-refractivity contribution in [1.82, 2.24) is 10.3 Å². The maximum atomic E-state index is 12.5. The molecule has 2 heterocycles. The molecule has 0 saturated carbocycles. The van der Waals surface area contributed by atoms with Crippen LogP contribution in [-0.2, 0) is 16.8 Å². The van der Waals surface area contributed by atoms with Crippen LogP contribution in [0.2, 0.25) is 0 Å². The summed E-state index contributed by atoms with van der Waals surface area (Å²) >= 11 is 0. The van der Waals surface area contributed by atoms with Gasteiger partial charge in [-0.15, -0.1) is 0 Å². The summed E-state index contributed by atoms with van der Waals surface area (Å²) in [4.78, 5) is 16.0. The first kappa shape index (κ1) is 13.4. The molecule has 1 aliphatic rings. The first-order chi connectivity index (χ1) is 9.56. The lowest BCUT2D eigenvalue weighted by atomic mass is 9.83. The van der Waals surface area contributed by atoms with Crippen LogP contribution in [0.3, 0.4) is 0 Å². The van der Waals surface area contributed by atoms with Crippen LogP contribution in [0.1, 0.15) is 43.5 Å². The number of aromatic amines is 1. The number of ketones is 1. The Bertz CT molecular complexity index is 671. The summed E-state index contributed by atoms with van der Waals surface area (Å²) in [6.45, 7) is 7.05. The molecule has 1 aliphatic heterocycles. The molecule has 0 amide bonds. The topological polar surface area (TPSA) is 44.9 Å². The highest BCUT2D eigenvalue weighted by Gasteiger charge is 2.39. The van der Waals surface area contributed by atoms with Gasteiger partial charge in [-0.3, -0.25) is 10.1 Å². The van der Waals surface area contributed by atoms with Crippen molar-refractivity contribution in [3.8, 4) is 0 Å². The second kappa shape index (κ2) is 4.74. The van der Waals surface area contributed by atoms with Crippen LogP contribution in [0, 0.1) is 6.92 Å². The molecule has 2 aromatic rings. The Labute approximate surface area is 119 Å². The van der Waals surface area contributed by atoms with Gasteiger partial charge in [-0.1, -0.05) is 18.6 Å². The normalized spacial score (nSPS) is 21.9. The van der Waals surface area contributed by atoms with Crippen LogP contribution in [0.15, 0.2) is 18.2 Å². The van der Waals surface area contributed by atoms with Gasteiger partial charge in [0.05, 0.1) is 0 Å². The molecular weight excluding hydrogens is 248 g/mol. The van der Waals surface area contributed by atoms with Gasteiger partial charge >= 0.3 is 0 Å². The number of rotatable bonds is 3. The number of aryl methyl sites for hydroxylation is 1. The van der Waals surface area contributed by atoms with Crippen LogP contribution in [-0.4, -0.2) is 17.3 Å². The molecule has 0 spiro atoms. The van der Waals surface area contributed by atoms with Crippen molar-refractivity contribution in [2.24, 2.45) is 0 Å². The fourth-order valence-corrected chi connectivity index (χ4v) is 3.29. The minimum Gasteiger partial charge on any atom is -0.356 e. The maximum Gasteiger partial charge on any atom is 0.158 e. The zero-order valence-electron chi connectivity index (χ0n) is 12.5. The van der Waals surface area contributed by atoms with E-state index in [1.165, 1.54) is 16.5 Å². The summed E-state index contributed by atoms with van der Waals surface area (Å²) in [6.07, 6.45) is 2.50. The second-order valence-electron chi connectivity index (χ2n) is 6.00. The molecule has 3 nitrogen and oxygen atoms in total. The van der Waals surface area contributed by atoms with E-state index in [0.717, 1.165) is 30.6 Å². The third-order valence-electron chi connectivity index (χ3n) is 4.45. The fourth-order valence-electron chi connectivity index (χ4n) is 3.29. The van der Waals surface area contributed by atoms with Crippen molar-refractivity contribution >= 4 is 16.7 Å². The van der Waals surface area contributed by atoms with Crippen LogP contribution in [0.25, 0.3) is 10.9 Å². The van der Waals surface area contributed by atoms with E-state index in [2.05, 4.69) is 42.3 Å². The molecule has 1 atom stereocenters. The predicted molar refractivity (Wildman–Crippen MR) is 82.0 cm³/mol. The highest BCUT2D eigenvalue weighted by atomic mass is 16.1. The Morgan fingerprint density at radius 2 is 2.20 bits per heavy atom. The highest BCUT2D eigenvalue weighted by molar-refractivity contribution is 5.94. The third kappa shape index (κ3) is 1.88. The molecule has 0 unspecified atom stereocenters. The molecule has 0 saturated heterocycles. The van der Waals surface area contributed by atoms with E-state index in [-0.39, 0.29) is 5.78 Å². The fraction of sp³-hybridized carbons (Fsp3) is 0.471. The molecule has 20 heavy (non-hydrogen) atoms. The Morgan fingerprint density at radius 3 is 2.95 bits per heavy atom. The summed E-state index contributed by atoms with van der Waals surface area (Å²) in [5.74, 6) is 0.282. The summed E-state index contributed by atoms with van der Waals surface area (Å²) in [7, 11) is 0. The quantitative estimate of drug-likeness (QED) is 0.899. The zero-order chi connectivity index (χ0) is 14.3. The number of H-pyrrole nitrogens is 1. The number of aromatic nitrogens is 1. The van der Waals surface area contributed by atoms with Gasteiger partial charge in [0.2, 0.25) is 0 Å². The van der Waals surface area contributed by atoms with Gasteiger partial charge in [-0.05, 0) is 44.4 Å². The number of carbonyl (C=O) groups excluding carboxylic acids is 1. The lowest BCUT2D eigenvalue weighted by Gasteiger charge is -2.33. The number of nitrogens with one attached hydrogen (secondary N) is 2. The largest absolute Gasteiger partial charge is 0.356 e. The number of hydrogen-bond donors (Lipinski definition) is 2. The van der Waals surface area contributed by atoms with E-state index in [1.54, 1.807) is 0 Å². The molecule has 106 valence electrons. The summed E-state index contributed by atoms with van der Waals surface area (Å²) < 4.78 is 0. The van der Waals surface area contributed by atoms with Crippen molar-refractivity contribution in [3.05, 3.63) is 35.0 Å². The summed E-state index contributed by atoms with van der Waals surface area (Å²) in [5.41, 5.74) is 4.23. The number of hydrogen-bond acceptors (Lipinski definition) is 2. The average Bonchev–Trinajstić information content (AvgIpc) is 2.79. The van der Waals surface area contributed by atoms with E-state index < -0.39 is 5.54 Å². The average molecular weight is 270 g/mol. The standard InChI is InChI=1S/C17H22N2O/c1-4-5-15(20)17(3)16-12(8-9-18-17)13-10-11(2)6-7-14(13)19-16/h6-7,10,18-19H,4-5,8-9H2,1-3H3/t17-/m0/s1. The summed E-state index contributed by atoms with van der Waals surface area (Å²) in [5, 5.41) is 4.71. The number of Topliss-reactive ketones (excluding diaryl/α,β-unsaturated/α-hetero) is 1. The number of benzene rings is 1. The molecule has 1 aromatic heterocycles. The van der Waals surface area contributed by atoms with Crippen molar-refractivity contribution in [2.45, 2.75) is 45.6 Å². The van der Waals surface area contributed by atoms with Crippen molar-refractivity contribution in [1.29, 1.82) is 0 Å². The molecular formula is C17H22N2O. The van der Waals surface area contributed by atoms with Crippen molar-refractivity contribution in [3.63, 3.8) is 0 Å². The molecule has 3 heteroatoms. The smallest absolute Gasteiger partial charge is 0.158 e. The monoisotopic (exact) mass is 270 g/mol. The lowest BCUT2D eigenvalue weighted by molar-refractivity contribution is -0.125. The molecule has 0 radical (unpaired) electrons. The van der Waals surface area contributed by atoms with Gasteiger partial charge in [-0.2, -0.15) is 0 Å².